The first-order valence-electron chi connectivity index (χ1n) is 11.2. The number of alkyl halides is 3. The Bertz CT molecular complexity index is 751. The summed E-state index contributed by atoms with van der Waals surface area (Å²) in [6.07, 6.45) is 6.71. The fourth-order valence-corrected chi connectivity index (χ4v) is 4.21. The largest absolute Gasteiger partial charge is 0.433 e. The maximum absolute atomic E-state index is 13.1. The fourth-order valence-electron chi connectivity index (χ4n) is 4.21. The van der Waals surface area contributed by atoms with Crippen molar-refractivity contribution in [2.75, 3.05) is 39.6 Å². The molecule has 0 radical (unpaired) electrons. The van der Waals surface area contributed by atoms with Crippen LogP contribution in [-0.4, -0.2) is 50.6 Å². The molecule has 4 nitrogen and oxygen atoms in total. The number of hydrogen-bond donors (Lipinski definition) is 1. The molecule has 1 aliphatic carbocycles. The molecule has 4 rings (SSSR count). The van der Waals surface area contributed by atoms with Gasteiger partial charge >= 0.3 is 6.11 Å². The minimum Gasteiger partial charge on any atom is -0.433 e. The van der Waals surface area contributed by atoms with Crippen molar-refractivity contribution in [3.05, 3.63) is 47.9 Å². The highest BCUT2D eigenvalue weighted by Crippen LogP contribution is 2.45. The number of ether oxygens (including phenoxy) is 1. The number of halogens is 3. The molecule has 0 aromatic heterocycles. The second-order valence-corrected chi connectivity index (χ2v) is 7.97. The average molecular weight is 457 g/mol. The summed E-state index contributed by atoms with van der Waals surface area (Å²) in [6.45, 7) is 8.79. The van der Waals surface area contributed by atoms with Gasteiger partial charge in [-0.1, -0.05) is 20.3 Å². The Morgan fingerprint density at radius 2 is 1.68 bits per heavy atom. The molecule has 31 heavy (non-hydrogen) atoms. The Morgan fingerprint density at radius 3 is 2.16 bits per heavy atom. The maximum atomic E-state index is 13.1. The summed E-state index contributed by atoms with van der Waals surface area (Å²) < 4.78 is 31.5. The van der Waals surface area contributed by atoms with Gasteiger partial charge in [0.2, 0.25) is 0 Å². The van der Waals surface area contributed by atoms with E-state index < -0.39 is 6.11 Å². The summed E-state index contributed by atoms with van der Waals surface area (Å²) >= 11 is 4.64. The van der Waals surface area contributed by atoms with E-state index in [1.54, 1.807) is 12.1 Å². The number of hydrogen-bond acceptors (Lipinski definition) is 3. The molecule has 1 aromatic carbocycles. The van der Waals surface area contributed by atoms with Crippen LogP contribution in [0.2, 0.25) is 0 Å². The van der Waals surface area contributed by atoms with E-state index in [4.69, 9.17) is 0 Å². The van der Waals surface area contributed by atoms with E-state index in [1.165, 1.54) is 37.0 Å². The van der Waals surface area contributed by atoms with Crippen LogP contribution < -0.4 is 14.5 Å². The van der Waals surface area contributed by atoms with Gasteiger partial charge in [-0.25, -0.2) is 4.48 Å². The van der Waals surface area contributed by atoms with Crippen LogP contribution in [0.3, 0.4) is 0 Å². The molecule has 0 spiro atoms. The summed E-state index contributed by atoms with van der Waals surface area (Å²) in [5.41, 5.74) is 3.76. The molecule has 1 N–H and O–H groups in total. The molecule has 1 saturated heterocycles. The minimum absolute atomic E-state index is 0.192. The van der Waals surface area contributed by atoms with Gasteiger partial charge in [-0.3, -0.25) is 0 Å². The summed E-state index contributed by atoms with van der Waals surface area (Å²) in [6, 6.07) is 7.10. The predicted molar refractivity (Wildman–Crippen MR) is 126 cm³/mol. The van der Waals surface area contributed by atoms with Gasteiger partial charge in [0.15, 0.2) is 0 Å². The number of nitrogens with one attached hydrogen (secondary N) is 1. The van der Waals surface area contributed by atoms with Crippen molar-refractivity contribution in [3.8, 4) is 5.75 Å². The standard InChI is InChI=1S/C21H28F2N3O.C2H6.CH3Cl/c1-21(22,23)27-19-8-6-18(7-9-19)26(2)15-17(25-12-10-24-11-13-25)14-20(26)16-4-3-5-16;2*1-2/h6-9,14-16,24H,3-5,10-13H2,1-2H3;1-2H3;1H3/q+1;;. The Labute approximate surface area is 191 Å². The molecule has 7 heteroatoms. The molecule has 174 valence electrons. The summed E-state index contributed by atoms with van der Waals surface area (Å²) in [7, 11) is 2.20. The van der Waals surface area contributed by atoms with E-state index in [9.17, 15) is 8.78 Å². The van der Waals surface area contributed by atoms with Crippen LogP contribution >= 0.6 is 11.6 Å². The lowest BCUT2D eigenvalue weighted by atomic mass is 9.81. The summed E-state index contributed by atoms with van der Waals surface area (Å²) in [4.78, 5) is 2.44. The first-order chi connectivity index (χ1) is 14.9. The molecule has 1 unspecified atom stereocenters. The maximum Gasteiger partial charge on any atom is 0.394 e. The molecule has 0 amide bonds. The number of allylic oxidation sites excluding steroid dienone is 2. The zero-order valence-corrected chi connectivity index (χ0v) is 20.2. The average Bonchev–Trinajstić information content (AvgIpc) is 3.08. The van der Waals surface area contributed by atoms with Gasteiger partial charge < -0.3 is 15.0 Å². The number of nitrogens with zero attached hydrogens (tertiary/aromatic N) is 2. The monoisotopic (exact) mass is 456 g/mol. The zero-order chi connectivity index (χ0) is 23.1. The minimum atomic E-state index is -3.17. The molecule has 2 fully saturated rings. The zero-order valence-electron chi connectivity index (χ0n) is 19.4. The first kappa shape index (κ1) is 25.6. The third-order valence-electron chi connectivity index (χ3n) is 5.90. The van der Waals surface area contributed by atoms with Crippen molar-refractivity contribution >= 4 is 17.3 Å². The predicted octanol–water partition coefficient (Wildman–Crippen LogP) is 5.94. The van der Waals surface area contributed by atoms with Gasteiger partial charge in [-0.2, -0.15) is 8.78 Å². The molecule has 1 atom stereocenters. The van der Waals surface area contributed by atoms with E-state index in [0.717, 1.165) is 38.8 Å². The number of benzene rings is 1. The van der Waals surface area contributed by atoms with Gasteiger partial charge in [0, 0.05) is 63.6 Å². The summed E-state index contributed by atoms with van der Waals surface area (Å²) in [5, 5.41) is 3.40. The van der Waals surface area contributed by atoms with Gasteiger partial charge in [0.25, 0.3) is 0 Å². The van der Waals surface area contributed by atoms with Crippen LogP contribution in [0.4, 0.5) is 14.5 Å². The quantitative estimate of drug-likeness (QED) is 0.438. The van der Waals surface area contributed by atoms with Gasteiger partial charge in [-0.05, 0) is 25.0 Å². The molecular weight excluding hydrogens is 420 g/mol. The van der Waals surface area contributed by atoms with Crippen LogP contribution in [0, 0.1) is 5.92 Å². The molecule has 2 heterocycles. The van der Waals surface area contributed by atoms with E-state index in [1.807, 2.05) is 26.0 Å². The van der Waals surface area contributed by atoms with Crippen molar-refractivity contribution in [1.82, 2.24) is 14.7 Å². The molecular formula is C24H37ClF2N3O+. The van der Waals surface area contributed by atoms with Gasteiger partial charge in [0.1, 0.15) is 23.3 Å². The third-order valence-corrected chi connectivity index (χ3v) is 5.90. The first-order valence-corrected chi connectivity index (χ1v) is 11.9. The van der Waals surface area contributed by atoms with Crippen molar-refractivity contribution in [2.45, 2.75) is 46.1 Å². The van der Waals surface area contributed by atoms with E-state index in [0.29, 0.717) is 10.4 Å². The van der Waals surface area contributed by atoms with E-state index in [2.05, 4.69) is 45.9 Å². The van der Waals surface area contributed by atoms with Crippen molar-refractivity contribution in [3.63, 3.8) is 0 Å². The number of quaternary nitrogens is 1. The smallest absolute Gasteiger partial charge is 0.394 e. The Balaban J connectivity index is 0.000000807. The van der Waals surface area contributed by atoms with Crippen molar-refractivity contribution in [1.29, 1.82) is 0 Å². The highest BCUT2D eigenvalue weighted by Gasteiger charge is 2.42. The topological polar surface area (TPSA) is 24.5 Å². The summed E-state index contributed by atoms with van der Waals surface area (Å²) in [5.74, 6) is 0.792. The highest BCUT2D eigenvalue weighted by molar-refractivity contribution is 6.15. The highest BCUT2D eigenvalue weighted by atomic mass is 35.5. The SMILES string of the molecule is CC.CC(F)(F)Oc1ccc([N+]2(C)C=C(N3CCNCC3)C=C2C2CCC2)cc1.CCl. The third kappa shape index (κ3) is 6.21. The number of rotatable bonds is 5. The lowest BCUT2D eigenvalue weighted by Crippen LogP contribution is -2.43. The number of piperazine rings is 1. The van der Waals surface area contributed by atoms with Crippen LogP contribution in [-0.2, 0) is 0 Å². The van der Waals surface area contributed by atoms with Crippen LogP contribution in [0.15, 0.2) is 47.9 Å². The lowest BCUT2D eigenvalue weighted by molar-refractivity contribution is -0.158. The Kier molecular flexibility index (Phi) is 9.34. The molecule has 1 aromatic rings. The van der Waals surface area contributed by atoms with E-state index in [-0.39, 0.29) is 5.75 Å². The van der Waals surface area contributed by atoms with Gasteiger partial charge in [-0.15, -0.1) is 11.6 Å². The van der Waals surface area contributed by atoms with Crippen LogP contribution in [0.1, 0.15) is 40.0 Å². The van der Waals surface area contributed by atoms with Crippen molar-refractivity contribution in [2.24, 2.45) is 5.92 Å². The van der Waals surface area contributed by atoms with E-state index >= 15 is 0 Å². The molecule has 3 aliphatic rings. The van der Waals surface area contributed by atoms with Crippen LogP contribution in [0.5, 0.6) is 5.75 Å². The Morgan fingerprint density at radius 1 is 1.10 bits per heavy atom. The Hall–Kier alpha value is -1.63. The fraction of sp³-hybridized carbons (Fsp3) is 0.583. The van der Waals surface area contributed by atoms with Crippen LogP contribution in [0.25, 0.3) is 0 Å². The second-order valence-electron chi connectivity index (χ2n) is 7.97. The molecule has 0 bridgehead atoms. The molecule has 1 saturated carbocycles. The molecule has 2 aliphatic heterocycles. The second kappa shape index (κ2) is 11.3. The van der Waals surface area contributed by atoms with Gasteiger partial charge in [0.05, 0.1) is 12.7 Å². The lowest BCUT2D eigenvalue weighted by Gasteiger charge is -2.36. The normalized spacial score (nSPS) is 23.4. The van der Waals surface area contributed by atoms with Crippen molar-refractivity contribution < 1.29 is 13.5 Å².